The van der Waals surface area contributed by atoms with E-state index in [-0.39, 0.29) is 24.9 Å². The molecule has 1 aliphatic heterocycles. The van der Waals surface area contributed by atoms with Gasteiger partial charge < -0.3 is 20.5 Å². The van der Waals surface area contributed by atoms with E-state index in [0.29, 0.717) is 41.1 Å². The van der Waals surface area contributed by atoms with Crippen LogP contribution in [0.2, 0.25) is 0 Å². The molecule has 0 saturated heterocycles. The third-order valence-corrected chi connectivity index (χ3v) is 7.62. The van der Waals surface area contributed by atoms with Crippen LogP contribution in [-0.4, -0.2) is 42.3 Å². The van der Waals surface area contributed by atoms with Gasteiger partial charge in [0.1, 0.15) is 5.92 Å². The SMILES string of the molecule is CCOC(=O)C1C(COC(C)(C)C)=NC2=C(C(=O)CC(c3c(C)cc(C)cc3C)C2)C1c1cccc(NC(N)=O)c1. The summed E-state index contributed by atoms with van der Waals surface area (Å²) in [5.74, 6) is -2.04. The van der Waals surface area contributed by atoms with Gasteiger partial charge in [0.15, 0.2) is 5.78 Å². The molecule has 1 heterocycles. The largest absolute Gasteiger partial charge is 0.465 e. The number of primary amides is 1. The summed E-state index contributed by atoms with van der Waals surface area (Å²) in [6.07, 6.45) is 0.883. The maximum Gasteiger partial charge on any atom is 0.316 e. The summed E-state index contributed by atoms with van der Waals surface area (Å²) in [5, 5.41) is 2.61. The highest BCUT2D eigenvalue weighted by Crippen LogP contribution is 2.48. The molecule has 2 amide bonds. The first-order valence-corrected chi connectivity index (χ1v) is 14.2. The number of aryl methyl sites for hydroxylation is 3. The van der Waals surface area contributed by atoms with Crippen molar-refractivity contribution in [3.63, 3.8) is 0 Å². The van der Waals surface area contributed by atoms with E-state index < -0.39 is 29.4 Å². The number of anilines is 1. The molecule has 3 N–H and O–H groups in total. The molecule has 0 fully saturated rings. The number of carbonyl (C=O) groups is 3. The fourth-order valence-corrected chi connectivity index (χ4v) is 6.24. The number of allylic oxidation sites excluding steroid dienone is 2. The number of ether oxygens (including phenoxy) is 2. The minimum Gasteiger partial charge on any atom is -0.465 e. The molecule has 3 atom stereocenters. The Morgan fingerprint density at radius 1 is 1.07 bits per heavy atom. The van der Waals surface area contributed by atoms with Gasteiger partial charge in [-0.25, -0.2) is 4.79 Å². The predicted molar refractivity (Wildman–Crippen MR) is 160 cm³/mol. The Hall–Kier alpha value is -3.78. The number of hydrogen-bond acceptors (Lipinski definition) is 6. The van der Waals surface area contributed by atoms with Gasteiger partial charge in [0.05, 0.1) is 24.5 Å². The quantitative estimate of drug-likeness (QED) is 0.401. The van der Waals surface area contributed by atoms with Crippen molar-refractivity contribution < 1.29 is 23.9 Å². The number of amides is 2. The molecule has 0 bridgehead atoms. The first-order chi connectivity index (χ1) is 19.3. The van der Waals surface area contributed by atoms with Crippen LogP contribution in [-0.2, 0) is 19.1 Å². The van der Waals surface area contributed by atoms with Gasteiger partial charge in [-0.3, -0.25) is 14.6 Å². The second kappa shape index (κ2) is 12.0. The standard InChI is InChI=1S/C33H41N3O5/c1-8-40-31(38)30-25(17-41-33(5,6)7)36-24-15-22(27-19(3)12-18(2)13-20(27)4)16-26(37)29(24)28(30)21-10-9-11-23(14-21)35-32(34)39/h9-14,22,28,30H,8,15-17H2,1-7H3,(H3,34,35,39). The summed E-state index contributed by atoms with van der Waals surface area (Å²) < 4.78 is 11.7. The first-order valence-electron chi connectivity index (χ1n) is 14.2. The van der Waals surface area contributed by atoms with Gasteiger partial charge in [0, 0.05) is 29.3 Å². The molecule has 2 aliphatic rings. The second-order valence-electron chi connectivity index (χ2n) is 12.0. The van der Waals surface area contributed by atoms with Crippen molar-refractivity contribution in [2.75, 3.05) is 18.5 Å². The number of nitrogens with two attached hydrogens (primary N) is 1. The lowest BCUT2D eigenvalue weighted by atomic mass is 9.68. The van der Waals surface area contributed by atoms with Gasteiger partial charge in [0.25, 0.3) is 0 Å². The number of aliphatic imine (C=N–C) groups is 1. The van der Waals surface area contributed by atoms with E-state index in [0.717, 1.165) is 11.1 Å². The van der Waals surface area contributed by atoms with E-state index in [1.165, 1.54) is 11.1 Å². The Morgan fingerprint density at radius 3 is 2.37 bits per heavy atom. The zero-order chi connectivity index (χ0) is 30.1. The van der Waals surface area contributed by atoms with Gasteiger partial charge in [-0.15, -0.1) is 0 Å². The van der Waals surface area contributed by atoms with E-state index >= 15 is 0 Å². The van der Waals surface area contributed by atoms with Gasteiger partial charge in [-0.1, -0.05) is 29.8 Å². The smallest absolute Gasteiger partial charge is 0.316 e. The van der Waals surface area contributed by atoms with Crippen molar-refractivity contribution in [1.82, 2.24) is 0 Å². The highest BCUT2D eigenvalue weighted by atomic mass is 16.5. The number of hydrogen-bond donors (Lipinski definition) is 2. The Kier molecular flexibility index (Phi) is 8.83. The van der Waals surface area contributed by atoms with Crippen LogP contribution in [0.3, 0.4) is 0 Å². The molecule has 4 rings (SSSR count). The number of benzene rings is 2. The molecule has 8 nitrogen and oxygen atoms in total. The van der Waals surface area contributed by atoms with E-state index in [2.05, 4.69) is 38.2 Å². The summed E-state index contributed by atoms with van der Waals surface area (Å²) in [4.78, 5) is 44.3. The molecular formula is C33H41N3O5. The third kappa shape index (κ3) is 6.76. The van der Waals surface area contributed by atoms with Crippen LogP contribution in [0.4, 0.5) is 10.5 Å². The van der Waals surface area contributed by atoms with Crippen LogP contribution in [0.15, 0.2) is 52.7 Å². The van der Waals surface area contributed by atoms with Crippen molar-refractivity contribution in [3.8, 4) is 0 Å². The fourth-order valence-electron chi connectivity index (χ4n) is 6.24. The summed E-state index contributed by atoms with van der Waals surface area (Å²) in [6, 6.07) is 10.7. The zero-order valence-electron chi connectivity index (χ0n) is 25.1. The molecule has 0 aromatic heterocycles. The van der Waals surface area contributed by atoms with Gasteiger partial charge in [0.2, 0.25) is 0 Å². The van der Waals surface area contributed by atoms with Crippen LogP contribution in [0.5, 0.6) is 0 Å². The fraction of sp³-hybridized carbons (Fsp3) is 0.455. The average molecular weight is 560 g/mol. The highest BCUT2D eigenvalue weighted by molar-refractivity contribution is 6.10. The Labute approximate surface area is 242 Å². The molecule has 0 saturated carbocycles. The minimum absolute atomic E-state index is 0.0296. The average Bonchev–Trinajstić information content (AvgIpc) is 2.85. The van der Waals surface area contributed by atoms with E-state index in [1.807, 2.05) is 26.8 Å². The lowest BCUT2D eigenvalue weighted by Crippen LogP contribution is -2.41. The molecule has 3 unspecified atom stereocenters. The van der Waals surface area contributed by atoms with Crippen molar-refractivity contribution in [1.29, 1.82) is 0 Å². The van der Waals surface area contributed by atoms with Crippen molar-refractivity contribution in [2.45, 2.75) is 78.7 Å². The molecule has 0 spiro atoms. The molecule has 0 radical (unpaired) electrons. The molecule has 8 heteroatoms. The number of ketones is 1. The molecule has 218 valence electrons. The lowest BCUT2D eigenvalue weighted by molar-refractivity contribution is -0.146. The van der Waals surface area contributed by atoms with Crippen LogP contribution in [0.25, 0.3) is 0 Å². The van der Waals surface area contributed by atoms with Gasteiger partial charge in [-0.05, 0) is 95.2 Å². The summed E-state index contributed by atoms with van der Waals surface area (Å²) in [6.45, 7) is 14.1. The zero-order valence-corrected chi connectivity index (χ0v) is 25.1. The molecule has 1 aliphatic carbocycles. The maximum absolute atomic E-state index is 14.1. The molecule has 41 heavy (non-hydrogen) atoms. The highest BCUT2D eigenvalue weighted by Gasteiger charge is 2.46. The number of esters is 1. The van der Waals surface area contributed by atoms with Gasteiger partial charge in [-0.2, -0.15) is 0 Å². The first kappa shape index (κ1) is 30.2. The van der Waals surface area contributed by atoms with Crippen molar-refractivity contribution in [3.05, 3.63) is 75.5 Å². The third-order valence-electron chi connectivity index (χ3n) is 7.62. The number of urea groups is 1. The second-order valence-corrected chi connectivity index (χ2v) is 12.0. The maximum atomic E-state index is 14.1. The van der Waals surface area contributed by atoms with E-state index in [1.54, 1.807) is 25.1 Å². The summed E-state index contributed by atoms with van der Waals surface area (Å²) >= 11 is 0. The van der Waals surface area contributed by atoms with Crippen LogP contribution < -0.4 is 11.1 Å². The van der Waals surface area contributed by atoms with Crippen molar-refractivity contribution in [2.24, 2.45) is 16.6 Å². The number of carbonyl (C=O) groups excluding carboxylic acids is 3. The molecule has 2 aromatic rings. The Balaban J connectivity index is 1.89. The summed E-state index contributed by atoms with van der Waals surface area (Å²) in [5.41, 5.74) is 12.5. The van der Waals surface area contributed by atoms with Crippen LogP contribution >= 0.6 is 0 Å². The molecular weight excluding hydrogens is 518 g/mol. The number of nitrogens with one attached hydrogen (secondary N) is 1. The summed E-state index contributed by atoms with van der Waals surface area (Å²) in [7, 11) is 0. The molecule has 2 aromatic carbocycles. The number of nitrogens with zero attached hydrogens (tertiary/aromatic N) is 1. The van der Waals surface area contributed by atoms with Gasteiger partial charge >= 0.3 is 12.0 Å². The van der Waals surface area contributed by atoms with Crippen LogP contribution in [0, 0.1) is 26.7 Å². The normalized spacial score (nSPS) is 20.8. The van der Waals surface area contributed by atoms with E-state index in [9.17, 15) is 14.4 Å². The Morgan fingerprint density at radius 2 is 1.76 bits per heavy atom. The topological polar surface area (TPSA) is 120 Å². The number of rotatable bonds is 7. The minimum atomic E-state index is -0.858. The van der Waals surface area contributed by atoms with E-state index in [4.69, 9.17) is 20.2 Å². The monoisotopic (exact) mass is 559 g/mol. The Bertz CT molecular complexity index is 1410. The number of Topliss-reactive ketones (excluding diaryl/α,β-unsaturated/α-hetero) is 1. The lowest BCUT2D eigenvalue weighted by Gasteiger charge is -2.38. The predicted octanol–water partition coefficient (Wildman–Crippen LogP) is 6.04. The van der Waals surface area contributed by atoms with Crippen molar-refractivity contribution >= 4 is 29.2 Å². The van der Waals surface area contributed by atoms with Crippen LogP contribution in [0.1, 0.15) is 80.2 Å².